The molecular formula is C10H19NO2. The third-order valence-corrected chi connectivity index (χ3v) is 2.25. The molecule has 0 aromatic heterocycles. The standard InChI is InChI=1S/C10H19NO2/c1-2-9(12)7-11-8-10-5-3-4-6-13-10/h4,6,9-12H,2-3,5,7-8H2,1H3. The predicted octanol–water partition coefficient (Wildman–Crippen LogP) is 1.04. The van der Waals surface area contributed by atoms with E-state index in [-0.39, 0.29) is 12.2 Å². The fourth-order valence-electron chi connectivity index (χ4n) is 1.29. The first kappa shape index (κ1) is 10.5. The molecule has 0 saturated heterocycles. The molecule has 0 radical (unpaired) electrons. The summed E-state index contributed by atoms with van der Waals surface area (Å²) < 4.78 is 5.37. The van der Waals surface area contributed by atoms with Gasteiger partial charge in [-0.25, -0.2) is 0 Å². The summed E-state index contributed by atoms with van der Waals surface area (Å²) in [5.41, 5.74) is 0. The van der Waals surface area contributed by atoms with Gasteiger partial charge in [-0.3, -0.25) is 0 Å². The maximum absolute atomic E-state index is 9.27. The Morgan fingerprint density at radius 3 is 3.15 bits per heavy atom. The highest BCUT2D eigenvalue weighted by Gasteiger charge is 2.10. The monoisotopic (exact) mass is 185 g/mol. The highest BCUT2D eigenvalue weighted by molar-refractivity contribution is 4.83. The van der Waals surface area contributed by atoms with Crippen molar-refractivity contribution in [2.45, 2.75) is 38.4 Å². The average Bonchev–Trinajstić information content (AvgIpc) is 2.19. The number of hydrogen-bond donors (Lipinski definition) is 2. The topological polar surface area (TPSA) is 41.5 Å². The van der Waals surface area contributed by atoms with Crippen LogP contribution in [0.5, 0.6) is 0 Å². The molecule has 0 spiro atoms. The Hall–Kier alpha value is -0.540. The lowest BCUT2D eigenvalue weighted by Crippen LogP contribution is -2.34. The van der Waals surface area contributed by atoms with Gasteiger partial charge in [0.15, 0.2) is 0 Å². The quantitative estimate of drug-likeness (QED) is 0.672. The molecule has 2 N–H and O–H groups in total. The molecular weight excluding hydrogens is 166 g/mol. The van der Waals surface area contributed by atoms with Crippen LogP contribution in [0.1, 0.15) is 26.2 Å². The van der Waals surface area contributed by atoms with Gasteiger partial charge in [0.1, 0.15) is 6.10 Å². The van der Waals surface area contributed by atoms with Gasteiger partial charge in [-0.2, -0.15) is 0 Å². The Labute approximate surface area is 79.8 Å². The highest BCUT2D eigenvalue weighted by Crippen LogP contribution is 2.08. The average molecular weight is 185 g/mol. The van der Waals surface area contributed by atoms with Gasteiger partial charge in [0.25, 0.3) is 0 Å². The Kier molecular flexibility index (Phi) is 4.86. The first-order valence-electron chi connectivity index (χ1n) is 5.02. The van der Waals surface area contributed by atoms with Crippen LogP contribution in [0.2, 0.25) is 0 Å². The van der Waals surface area contributed by atoms with Crippen molar-refractivity contribution in [3.63, 3.8) is 0 Å². The molecule has 0 fully saturated rings. The number of rotatable bonds is 5. The van der Waals surface area contributed by atoms with Crippen LogP contribution >= 0.6 is 0 Å². The smallest absolute Gasteiger partial charge is 0.110 e. The second-order valence-electron chi connectivity index (χ2n) is 3.43. The summed E-state index contributed by atoms with van der Waals surface area (Å²) >= 11 is 0. The van der Waals surface area contributed by atoms with Gasteiger partial charge in [0.2, 0.25) is 0 Å². The summed E-state index contributed by atoms with van der Waals surface area (Å²) in [6, 6.07) is 0. The van der Waals surface area contributed by atoms with Gasteiger partial charge >= 0.3 is 0 Å². The summed E-state index contributed by atoms with van der Waals surface area (Å²) in [6.45, 7) is 3.48. The molecule has 0 aliphatic carbocycles. The van der Waals surface area contributed by atoms with Crippen LogP contribution in [0, 0.1) is 0 Å². The van der Waals surface area contributed by atoms with E-state index in [1.54, 1.807) is 6.26 Å². The lowest BCUT2D eigenvalue weighted by Gasteiger charge is -2.20. The predicted molar refractivity (Wildman–Crippen MR) is 52.4 cm³/mol. The van der Waals surface area contributed by atoms with Crippen molar-refractivity contribution in [1.82, 2.24) is 5.32 Å². The SMILES string of the molecule is CCC(O)CNCC1CCC=CO1. The molecule has 3 nitrogen and oxygen atoms in total. The summed E-state index contributed by atoms with van der Waals surface area (Å²) in [6.07, 6.45) is 6.85. The zero-order valence-electron chi connectivity index (χ0n) is 8.20. The highest BCUT2D eigenvalue weighted by atomic mass is 16.5. The first-order valence-corrected chi connectivity index (χ1v) is 5.02. The lowest BCUT2D eigenvalue weighted by molar-refractivity contribution is 0.112. The van der Waals surface area contributed by atoms with E-state index in [4.69, 9.17) is 4.74 Å². The van der Waals surface area contributed by atoms with Gasteiger partial charge < -0.3 is 15.2 Å². The largest absolute Gasteiger partial charge is 0.497 e. The molecule has 1 rings (SSSR count). The van der Waals surface area contributed by atoms with Crippen LogP contribution in [-0.2, 0) is 4.74 Å². The molecule has 13 heavy (non-hydrogen) atoms. The fraction of sp³-hybridized carbons (Fsp3) is 0.800. The van der Waals surface area contributed by atoms with Gasteiger partial charge in [0.05, 0.1) is 12.4 Å². The van der Waals surface area contributed by atoms with Crippen molar-refractivity contribution in [3.05, 3.63) is 12.3 Å². The molecule has 0 saturated carbocycles. The molecule has 0 aromatic rings. The minimum absolute atomic E-state index is 0.223. The van der Waals surface area contributed by atoms with E-state index >= 15 is 0 Å². The third-order valence-electron chi connectivity index (χ3n) is 2.25. The second-order valence-corrected chi connectivity index (χ2v) is 3.43. The summed E-state index contributed by atoms with van der Waals surface area (Å²) in [4.78, 5) is 0. The van der Waals surface area contributed by atoms with E-state index in [1.165, 1.54) is 0 Å². The van der Waals surface area contributed by atoms with E-state index in [0.29, 0.717) is 6.54 Å². The molecule has 0 aromatic carbocycles. The van der Waals surface area contributed by atoms with Crippen molar-refractivity contribution in [1.29, 1.82) is 0 Å². The van der Waals surface area contributed by atoms with Crippen LogP contribution in [0.25, 0.3) is 0 Å². The molecule has 1 aliphatic rings. The van der Waals surface area contributed by atoms with Crippen LogP contribution in [0.3, 0.4) is 0 Å². The van der Waals surface area contributed by atoms with E-state index in [2.05, 4.69) is 5.32 Å². The van der Waals surface area contributed by atoms with Crippen molar-refractivity contribution in [3.8, 4) is 0 Å². The third kappa shape index (κ3) is 4.29. The summed E-state index contributed by atoms with van der Waals surface area (Å²) in [5, 5.41) is 12.5. The van der Waals surface area contributed by atoms with Gasteiger partial charge in [0, 0.05) is 13.1 Å². The summed E-state index contributed by atoms with van der Waals surface area (Å²) in [7, 11) is 0. The van der Waals surface area contributed by atoms with Gasteiger partial charge in [-0.15, -0.1) is 0 Å². The minimum Gasteiger partial charge on any atom is -0.497 e. The number of nitrogens with one attached hydrogen (secondary N) is 1. The molecule has 1 aliphatic heterocycles. The normalized spacial score (nSPS) is 24.0. The van der Waals surface area contributed by atoms with Crippen molar-refractivity contribution in [2.75, 3.05) is 13.1 Å². The Morgan fingerprint density at radius 2 is 2.54 bits per heavy atom. The van der Waals surface area contributed by atoms with Gasteiger partial charge in [-0.1, -0.05) is 6.92 Å². The Bertz CT molecular complexity index is 159. The van der Waals surface area contributed by atoms with E-state index in [9.17, 15) is 5.11 Å². The lowest BCUT2D eigenvalue weighted by atomic mass is 10.1. The molecule has 3 heteroatoms. The van der Waals surface area contributed by atoms with E-state index in [1.807, 2.05) is 13.0 Å². The number of aliphatic hydroxyl groups is 1. The molecule has 76 valence electrons. The molecule has 2 unspecified atom stereocenters. The Morgan fingerprint density at radius 1 is 1.69 bits per heavy atom. The molecule has 0 bridgehead atoms. The number of hydrogen-bond acceptors (Lipinski definition) is 3. The number of allylic oxidation sites excluding steroid dienone is 1. The zero-order chi connectivity index (χ0) is 9.52. The zero-order valence-corrected chi connectivity index (χ0v) is 8.20. The summed E-state index contributed by atoms with van der Waals surface area (Å²) in [5.74, 6) is 0. The van der Waals surface area contributed by atoms with E-state index < -0.39 is 0 Å². The van der Waals surface area contributed by atoms with Crippen LogP contribution in [0.4, 0.5) is 0 Å². The second kappa shape index (κ2) is 6.00. The van der Waals surface area contributed by atoms with Crippen LogP contribution in [0.15, 0.2) is 12.3 Å². The van der Waals surface area contributed by atoms with Gasteiger partial charge in [-0.05, 0) is 25.3 Å². The minimum atomic E-state index is -0.223. The van der Waals surface area contributed by atoms with Crippen molar-refractivity contribution < 1.29 is 9.84 Å². The van der Waals surface area contributed by atoms with E-state index in [0.717, 1.165) is 25.8 Å². The number of aliphatic hydroxyl groups excluding tert-OH is 1. The van der Waals surface area contributed by atoms with Crippen LogP contribution < -0.4 is 5.32 Å². The number of ether oxygens (including phenoxy) is 1. The first-order chi connectivity index (χ1) is 6.33. The maximum atomic E-state index is 9.27. The van der Waals surface area contributed by atoms with Crippen molar-refractivity contribution in [2.24, 2.45) is 0 Å². The fourth-order valence-corrected chi connectivity index (χ4v) is 1.29. The molecule has 1 heterocycles. The molecule has 2 atom stereocenters. The maximum Gasteiger partial charge on any atom is 0.110 e. The van der Waals surface area contributed by atoms with Crippen molar-refractivity contribution >= 4 is 0 Å². The molecule has 0 amide bonds. The Balaban J connectivity index is 2.02. The van der Waals surface area contributed by atoms with Crippen LogP contribution in [-0.4, -0.2) is 30.4 Å².